The summed E-state index contributed by atoms with van der Waals surface area (Å²) >= 11 is 0. The maximum absolute atomic E-state index is 11.8. The average molecular weight is 291 g/mol. The van der Waals surface area contributed by atoms with Gasteiger partial charge in [-0.25, -0.2) is 14.8 Å². The summed E-state index contributed by atoms with van der Waals surface area (Å²) < 4.78 is 4.99. The van der Waals surface area contributed by atoms with Gasteiger partial charge in [0.05, 0.1) is 0 Å². The number of anilines is 1. The van der Waals surface area contributed by atoms with Crippen LogP contribution in [-0.2, 0) is 0 Å². The van der Waals surface area contributed by atoms with Crippen molar-refractivity contribution in [3.05, 3.63) is 73.1 Å². The number of hydrogen-bond donors (Lipinski definition) is 1. The fraction of sp³-hybridized carbons (Fsp3) is 0. The Labute approximate surface area is 127 Å². The van der Waals surface area contributed by atoms with Crippen LogP contribution in [0.5, 0.6) is 6.01 Å². The number of carbonyl (C=O) groups excluding carboxylic acids is 1. The topological polar surface area (TPSA) is 64.1 Å². The molecule has 0 saturated carbocycles. The third-order valence-electron chi connectivity index (χ3n) is 2.94. The van der Waals surface area contributed by atoms with Gasteiger partial charge in [-0.2, -0.15) is 0 Å². The summed E-state index contributed by atoms with van der Waals surface area (Å²) in [6.07, 6.45) is 2.38. The predicted octanol–water partition coefficient (Wildman–Crippen LogP) is 3.75. The van der Waals surface area contributed by atoms with Gasteiger partial charge < -0.3 is 4.74 Å². The van der Waals surface area contributed by atoms with Crippen LogP contribution in [0.2, 0.25) is 0 Å². The van der Waals surface area contributed by atoms with Crippen molar-refractivity contribution in [1.29, 1.82) is 0 Å². The lowest BCUT2D eigenvalue weighted by atomic mass is 10.1. The Bertz CT molecular complexity index is 761. The van der Waals surface area contributed by atoms with Crippen molar-refractivity contribution in [2.75, 3.05) is 5.32 Å². The maximum Gasteiger partial charge on any atom is 0.419 e. The van der Waals surface area contributed by atoms with Crippen LogP contribution in [0, 0.1) is 0 Å². The van der Waals surface area contributed by atoms with E-state index in [1.54, 1.807) is 12.1 Å². The minimum atomic E-state index is -0.628. The summed E-state index contributed by atoms with van der Waals surface area (Å²) in [7, 11) is 0. The molecule has 0 atom stereocenters. The molecule has 3 rings (SSSR count). The molecule has 1 aromatic heterocycles. The number of amides is 1. The van der Waals surface area contributed by atoms with Crippen molar-refractivity contribution in [3.8, 4) is 17.1 Å². The monoisotopic (exact) mass is 291 g/mol. The van der Waals surface area contributed by atoms with Crippen molar-refractivity contribution in [2.45, 2.75) is 0 Å². The molecule has 22 heavy (non-hydrogen) atoms. The molecule has 0 aliphatic rings. The first-order valence-corrected chi connectivity index (χ1v) is 6.72. The number of rotatable bonds is 3. The van der Waals surface area contributed by atoms with Crippen molar-refractivity contribution in [2.24, 2.45) is 0 Å². The van der Waals surface area contributed by atoms with E-state index in [-0.39, 0.29) is 6.01 Å². The molecule has 0 radical (unpaired) electrons. The van der Waals surface area contributed by atoms with E-state index in [4.69, 9.17) is 4.74 Å². The molecule has 2 aromatic carbocycles. The maximum atomic E-state index is 11.8. The molecule has 5 heteroatoms. The van der Waals surface area contributed by atoms with Crippen molar-refractivity contribution >= 4 is 11.8 Å². The van der Waals surface area contributed by atoms with Gasteiger partial charge in [0.15, 0.2) is 0 Å². The molecule has 0 bridgehead atoms. The number of nitrogens with one attached hydrogen (secondary N) is 1. The van der Waals surface area contributed by atoms with E-state index in [0.717, 1.165) is 11.1 Å². The number of nitrogens with zero attached hydrogens (tertiary/aromatic N) is 2. The summed E-state index contributed by atoms with van der Waals surface area (Å²) in [4.78, 5) is 19.5. The van der Waals surface area contributed by atoms with Gasteiger partial charge in [-0.3, -0.25) is 5.32 Å². The minimum absolute atomic E-state index is 0.0132. The Hall–Kier alpha value is -3.21. The van der Waals surface area contributed by atoms with E-state index in [9.17, 15) is 4.79 Å². The zero-order valence-electron chi connectivity index (χ0n) is 11.6. The number of aromatic nitrogens is 2. The predicted molar refractivity (Wildman–Crippen MR) is 83.6 cm³/mol. The first-order chi connectivity index (χ1) is 10.8. The molecule has 0 aliphatic heterocycles. The van der Waals surface area contributed by atoms with E-state index in [1.807, 2.05) is 48.5 Å². The smallest absolute Gasteiger partial charge is 0.374 e. The molecule has 5 nitrogen and oxygen atoms in total. The third kappa shape index (κ3) is 3.46. The van der Waals surface area contributed by atoms with Crippen LogP contribution >= 0.6 is 0 Å². The van der Waals surface area contributed by atoms with Gasteiger partial charge in [-0.05, 0) is 29.3 Å². The first-order valence-electron chi connectivity index (χ1n) is 6.72. The zero-order chi connectivity index (χ0) is 15.2. The average Bonchev–Trinajstić information content (AvgIpc) is 2.57. The summed E-state index contributed by atoms with van der Waals surface area (Å²) in [5.41, 5.74) is 2.72. The van der Waals surface area contributed by atoms with E-state index < -0.39 is 6.09 Å². The zero-order valence-corrected chi connectivity index (χ0v) is 11.6. The summed E-state index contributed by atoms with van der Waals surface area (Å²) in [5.74, 6) is 0. The normalized spacial score (nSPS) is 10.0. The van der Waals surface area contributed by atoms with Crippen LogP contribution < -0.4 is 10.1 Å². The van der Waals surface area contributed by atoms with Crippen molar-refractivity contribution in [1.82, 2.24) is 9.97 Å². The van der Waals surface area contributed by atoms with Gasteiger partial charge in [0.1, 0.15) is 0 Å². The largest absolute Gasteiger partial charge is 0.419 e. The second kappa shape index (κ2) is 6.49. The van der Waals surface area contributed by atoms with Gasteiger partial charge in [0, 0.05) is 18.1 Å². The molecule has 108 valence electrons. The fourth-order valence-corrected chi connectivity index (χ4v) is 1.97. The van der Waals surface area contributed by atoms with Crippen LogP contribution in [0.3, 0.4) is 0 Å². The van der Waals surface area contributed by atoms with Gasteiger partial charge in [0.2, 0.25) is 0 Å². The Kier molecular flexibility index (Phi) is 4.06. The summed E-state index contributed by atoms with van der Waals surface area (Å²) in [5, 5.41) is 2.66. The second-order valence-electron chi connectivity index (χ2n) is 4.49. The Balaban J connectivity index is 1.72. The highest BCUT2D eigenvalue weighted by Gasteiger charge is 2.07. The number of carbonyl (C=O) groups is 1. The Morgan fingerprint density at radius 2 is 1.59 bits per heavy atom. The van der Waals surface area contributed by atoms with E-state index in [2.05, 4.69) is 15.3 Å². The van der Waals surface area contributed by atoms with Crippen molar-refractivity contribution in [3.63, 3.8) is 0 Å². The quantitative estimate of drug-likeness (QED) is 0.798. The molecule has 0 spiro atoms. The van der Waals surface area contributed by atoms with Crippen LogP contribution in [-0.4, -0.2) is 16.1 Å². The highest BCUT2D eigenvalue weighted by Crippen LogP contribution is 2.22. The van der Waals surface area contributed by atoms with Gasteiger partial charge >= 0.3 is 12.1 Å². The standard InChI is InChI=1S/C17H13N3O2/c21-17(22-16-18-10-5-11-19-16)20-15-9-4-8-14(12-15)13-6-2-1-3-7-13/h1-12H,(H,20,21). The van der Waals surface area contributed by atoms with E-state index in [1.165, 1.54) is 12.4 Å². The highest BCUT2D eigenvalue weighted by molar-refractivity contribution is 5.87. The second-order valence-corrected chi connectivity index (χ2v) is 4.49. The molecule has 1 N–H and O–H groups in total. The summed E-state index contributed by atoms with van der Waals surface area (Å²) in [6, 6.07) is 19.1. The van der Waals surface area contributed by atoms with Gasteiger partial charge in [-0.1, -0.05) is 42.5 Å². The molecule has 0 unspecified atom stereocenters. The lowest BCUT2D eigenvalue weighted by Crippen LogP contribution is -2.17. The molecule has 0 fully saturated rings. The number of benzene rings is 2. The Morgan fingerprint density at radius 3 is 2.36 bits per heavy atom. The molecule has 1 heterocycles. The third-order valence-corrected chi connectivity index (χ3v) is 2.94. The molecular weight excluding hydrogens is 278 g/mol. The van der Waals surface area contributed by atoms with Crippen LogP contribution in [0.25, 0.3) is 11.1 Å². The SMILES string of the molecule is O=C(Nc1cccc(-c2ccccc2)c1)Oc1ncccn1. The van der Waals surface area contributed by atoms with Crippen LogP contribution in [0.15, 0.2) is 73.1 Å². The Morgan fingerprint density at radius 1 is 0.864 bits per heavy atom. The van der Waals surface area contributed by atoms with Crippen LogP contribution in [0.4, 0.5) is 10.5 Å². The number of hydrogen-bond acceptors (Lipinski definition) is 4. The molecule has 3 aromatic rings. The fourth-order valence-electron chi connectivity index (χ4n) is 1.97. The first kappa shape index (κ1) is 13.8. The van der Waals surface area contributed by atoms with Gasteiger partial charge in [-0.15, -0.1) is 0 Å². The van der Waals surface area contributed by atoms with Gasteiger partial charge in [0.25, 0.3) is 0 Å². The number of ether oxygens (including phenoxy) is 1. The molecule has 0 saturated heterocycles. The molecular formula is C17H13N3O2. The highest BCUT2D eigenvalue weighted by atomic mass is 16.6. The summed E-state index contributed by atoms with van der Waals surface area (Å²) in [6.45, 7) is 0. The lowest BCUT2D eigenvalue weighted by molar-refractivity contribution is 0.211. The lowest BCUT2D eigenvalue weighted by Gasteiger charge is -2.07. The molecule has 0 aliphatic carbocycles. The van der Waals surface area contributed by atoms with E-state index in [0.29, 0.717) is 5.69 Å². The van der Waals surface area contributed by atoms with E-state index >= 15 is 0 Å². The van der Waals surface area contributed by atoms with Crippen LogP contribution in [0.1, 0.15) is 0 Å². The molecule has 1 amide bonds. The van der Waals surface area contributed by atoms with Crippen molar-refractivity contribution < 1.29 is 9.53 Å². The minimum Gasteiger partial charge on any atom is -0.374 e.